The molecule has 2 aliphatic heterocycles. The fraction of sp³-hybridized carbons (Fsp3) is 0.562. The third-order valence-corrected chi connectivity index (χ3v) is 3.91. The maximum Gasteiger partial charge on any atom is 0.246 e. The third kappa shape index (κ3) is 3.75. The lowest BCUT2D eigenvalue weighted by Crippen LogP contribution is -2.35. The van der Waals surface area contributed by atoms with Crippen molar-refractivity contribution < 1.29 is 23.4 Å². The van der Waals surface area contributed by atoms with E-state index in [-0.39, 0.29) is 30.5 Å². The molecule has 2 aliphatic rings. The molecule has 0 bridgehead atoms. The van der Waals surface area contributed by atoms with E-state index in [4.69, 9.17) is 14.2 Å². The van der Waals surface area contributed by atoms with Crippen LogP contribution < -0.4 is 10.1 Å². The van der Waals surface area contributed by atoms with Crippen LogP contribution in [0.4, 0.5) is 4.39 Å². The Bertz CT molecular complexity index is 531. The van der Waals surface area contributed by atoms with Crippen LogP contribution in [-0.2, 0) is 14.3 Å². The zero-order valence-electron chi connectivity index (χ0n) is 12.3. The van der Waals surface area contributed by atoms with Gasteiger partial charge in [-0.25, -0.2) is 4.39 Å². The molecule has 2 atom stereocenters. The average Bonchev–Trinajstić information content (AvgIpc) is 3.01. The molecule has 0 saturated carbocycles. The van der Waals surface area contributed by atoms with E-state index < -0.39 is 0 Å². The molecule has 1 saturated heterocycles. The molecule has 5 nitrogen and oxygen atoms in total. The second kappa shape index (κ2) is 7.07. The van der Waals surface area contributed by atoms with E-state index >= 15 is 0 Å². The number of nitrogens with one attached hydrogen (secondary N) is 1. The summed E-state index contributed by atoms with van der Waals surface area (Å²) >= 11 is 0. The summed E-state index contributed by atoms with van der Waals surface area (Å²) in [6.45, 7) is 1.69. The van der Waals surface area contributed by atoms with Gasteiger partial charge in [0.25, 0.3) is 0 Å². The van der Waals surface area contributed by atoms with E-state index in [2.05, 4.69) is 5.32 Å². The van der Waals surface area contributed by atoms with Gasteiger partial charge in [0, 0.05) is 18.6 Å². The van der Waals surface area contributed by atoms with Crippen molar-refractivity contribution in [3.8, 4) is 5.75 Å². The summed E-state index contributed by atoms with van der Waals surface area (Å²) in [4.78, 5) is 12.0. The van der Waals surface area contributed by atoms with Crippen molar-refractivity contribution in [3.63, 3.8) is 0 Å². The van der Waals surface area contributed by atoms with E-state index in [0.29, 0.717) is 30.9 Å². The summed E-state index contributed by atoms with van der Waals surface area (Å²) in [6, 6.07) is 4.12. The van der Waals surface area contributed by atoms with Gasteiger partial charge in [0.15, 0.2) is 0 Å². The maximum absolute atomic E-state index is 13.4. The minimum Gasteiger partial charge on any atom is -0.493 e. The highest BCUT2D eigenvalue weighted by atomic mass is 19.1. The van der Waals surface area contributed by atoms with Crippen molar-refractivity contribution >= 4 is 5.91 Å². The van der Waals surface area contributed by atoms with Gasteiger partial charge in [-0.1, -0.05) is 0 Å². The predicted octanol–water partition coefficient (Wildman–Crippen LogP) is 1.96. The predicted molar refractivity (Wildman–Crippen MR) is 77.2 cm³/mol. The van der Waals surface area contributed by atoms with E-state index in [9.17, 15) is 9.18 Å². The van der Waals surface area contributed by atoms with Gasteiger partial charge in [-0.3, -0.25) is 4.79 Å². The van der Waals surface area contributed by atoms with Crippen LogP contribution >= 0.6 is 0 Å². The molecule has 0 unspecified atom stereocenters. The Kier molecular flexibility index (Phi) is 4.90. The first kappa shape index (κ1) is 15.2. The summed E-state index contributed by atoms with van der Waals surface area (Å²) in [7, 11) is 0. The number of benzene rings is 1. The first-order valence-corrected chi connectivity index (χ1v) is 7.63. The van der Waals surface area contributed by atoms with Crippen LogP contribution in [0.3, 0.4) is 0 Å². The number of ether oxygens (including phenoxy) is 3. The van der Waals surface area contributed by atoms with Crippen LogP contribution in [0.5, 0.6) is 5.75 Å². The molecule has 1 amide bonds. The number of rotatable bonds is 5. The number of amides is 1. The Morgan fingerprint density at radius 3 is 3.09 bits per heavy atom. The smallest absolute Gasteiger partial charge is 0.246 e. The van der Waals surface area contributed by atoms with E-state index in [1.165, 1.54) is 12.1 Å². The van der Waals surface area contributed by atoms with Crippen molar-refractivity contribution in [1.82, 2.24) is 5.32 Å². The molecule has 0 spiro atoms. The number of carbonyl (C=O) groups excluding carboxylic acids is 1. The van der Waals surface area contributed by atoms with Crippen LogP contribution in [-0.4, -0.2) is 38.4 Å². The average molecular weight is 309 g/mol. The molecule has 2 heterocycles. The molecular weight excluding hydrogens is 289 g/mol. The topological polar surface area (TPSA) is 56.8 Å². The first-order chi connectivity index (χ1) is 10.7. The van der Waals surface area contributed by atoms with Gasteiger partial charge in [-0.05, 0) is 31.0 Å². The molecule has 1 fully saturated rings. The van der Waals surface area contributed by atoms with Crippen molar-refractivity contribution in [3.05, 3.63) is 29.6 Å². The number of carbonyl (C=O) groups is 1. The Labute approximate surface area is 128 Å². The third-order valence-electron chi connectivity index (χ3n) is 3.91. The summed E-state index contributed by atoms with van der Waals surface area (Å²) < 4.78 is 29.7. The lowest BCUT2D eigenvalue weighted by molar-refractivity contribution is -0.127. The van der Waals surface area contributed by atoms with Gasteiger partial charge >= 0.3 is 0 Å². The lowest BCUT2D eigenvalue weighted by atomic mass is 10.0. The van der Waals surface area contributed by atoms with Crippen molar-refractivity contribution in [2.24, 2.45) is 0 Å². The molecule has 0 aromatic heterocycles. The molecule has 120 valence electrons. The molecule has 1 aromatic rings. The Hall–Kier alpha value is -1.66. The summed E-state index contributed by atoms with van der Waals surface area (Å²) in [5.41, 5.74) is 0.679. The molecule has 0 aliphatic carbocycles. The van der Waals surface area contributed by atoms with Crippen LogP contribution in [0, 0.1) is 5.82 Å². The zero-order valence-corrected chi connectivity index (χ0v) is 12.3. The standard InChI is InChI=1S/C16H20FNO4/c17-11-3-4-15-13(8-11)14(5-7-22-15)18-16(19)10-20-9-12-2-1-6-21-12/h3-4,8,12,14H,1-2,5-7,9-10H2,(H,18,19)/t12-,14-/m0/s1. The number of hydrogen-bond acceptors (Lipinski definition) is 4. The van der Waals surface area contributed by atoms with Gasteiger partial charge in [0.2, 0.25) is 5.91 Å². The minimum absolute atomic E-state index is 0.0120. The number of hydrogen-bond donors (Lipinski definition) is 1. The quantitative estimate of drug-likeness (QED) is 0.903. The zero-order chi connectivity index (χ0) is 15.4. The Balaban J connectivity index is 1.50. The lowest BCUT2D eigenvalue weighted by Gasteiger charge is -2.26. The molecule has 1 N–H and O–H groups in total. The molecule has 0 radical (unpaired) electrons. The number of halogens is 1. The second-order valence-corrected chi connectivity index (χ2v) is 5.59. The van der Waals surface area contributed by atoms with Crippen LogP contribution in [0.2, 0.25) is 0 Å². The van der Waals surface area contributed by atoms with E-state index in [1.807, 2.05) is 0 Å². The Morgan fingerprint density at radius 2 is 2.27 bits per heavy atom. The summed E-state index contributed by atoms with van der Waals surface area (Å²) in [5, 5.41) is 2.88. The van der Waals surface area contributed by atoms with Crippen molar-refractivity contribution in [2.45, 2.75) is 31.4 Å². The van der Waals surface area contributed by atoms with Crippen molar-refractivity contribution in [1.29, 1.82) is 0 Å². The van der Waals surface area contributed by atoms with Crippen LogP contribution in [0.25, 0.3) is 0 Å². The highest BCUT2D eigenvalue weighted by Gasteiger charge is 2.24. The highest BCUT2D eigenvalue weighted by molar-refractivity contribution is 5.77. The normalized spacial score (nSPS) is 23.7. The SMILES string of the molecule is O=C(COC[C@@H]1CCCO1)N[C@H]1CCOc2ccc(F)cc21. The van der Waals surface area contributed by atoms with Crippen molar-refractivity contribution in [2.75, 3.05) is 26.4 Å². The van der Waals surface area contributed by atoms with Crippen LogP contribution in [0.15, 0.2) is 18.2 Å². The fourth-order valence-electron chi connectivity index (χ4n) is 2.81. The Morgan fingerprint density at radius 1 is 1.36 bits per heavy atom. The second-order valence-electron chi connectivity index (χ2n) is 5.59. The van der Waals surface area contributed by atoms with Gasteiger partial charge in [0.1, 0.15) is 18.2 Å². The van der Waals surface area contributed by atoms with E-state index in [0.717, 1.165) is 19.4 Å². The summed E-state index contributed by atoms with van der Waals surface area (Å²) in [5.74, 6) is 0.0801. The highest BCUT2D eigenvalue weighted by Crippen LogP contribution is 2.32. The maximum atomic E-state index is 13.4. The molecule has 22 heavy (non-hydrogen) atoms. The van der Waals surface area contributed by atoms with E-state index in [1.54, 1.807) is 6.07 Å². The minimum atomic E-state index is -0.335. The summed E-state index contributed by atoms with van der Waals surface area (Å²) in [6.07, 6.45) is 2.75. The largest absolute Gasteiger partial charge is 0.493 e. The van der Waals surface area contributed by atoms with Gasteiger partial charge in [-0.2, -0.15) is 0 Å². The monoisotopic (exact) mass is 309 g/mol. The molecule has 3 rings (SSSR count). The van der Waals surface area contributed by atoms with Gasteiger partial charge in [-0.15, -0.1) is 0 Å². The van der Waals surface area contributed by atoms with Gasteiger partial charge < -0.3 is 19.5 Å². The molecule has 6 heteroatoms. The molecule has 1 aromatic carbocycles. The fourth-order valence-corrected chi connectivity index (χ4v) is 2.81. The molecular formula is C16H20FNO4. The number of fused-ring (bicyclic) bond motifs is 1. The van der Waals surface area contributed by atoms with Gasteiger partial charge in [0.05, 0.1) is 25.4 Å². The first-order valence-electron chi connectivity index (χ1n) is 7.63. The van der Waals surface area contributed by atoms with Crippen LogP contribution in [0.1, 0.15) is 30.9 Å².